The number of carbonyl (C=O) groups is 1. The molecule has 172 valence electrons. The monoisotopic (exact) mass is 476 g/mol. The fourth-order valence-electron chi connectivity index (χ4n) is 3.57. The largest absolute Gasteiger partial charge is 0.449 e. The van der Waals surface area contributed by atoms with E-state index < -0.39 is 32.8 Å². The minimum atomic E-state index is -4.63. The predicted octanol–water partition coefficient (Wildman–Crippen LogP) is 5.41. The number of amides is 1. The summed E-state index contributed by atoms with van der Waals surface area (Å²) in [6, 6.07) is 16.1. The zero-order valence-corrected chi connectivity index (χ0v) is 18.0. The van der Waals surface area contributed by atoms with E-state index in [4.69, 9.17) is 4.74 Å². The van der Waals surface area contributed by atoms with Crippen LogP contribution in [0.3, 0.4) is 0 Å². The standard InChI is InChI=1S/C23H19F3N2O4S/c24-23(25,26)17-12-14-19(15-13-17)33(30,31)28(27-18-8-2-1-3-9-18)22(29)32-21-11-5-7-16-6-4-10-20(16)21/h1-3,5,7-9,11-15,27H,4,6,10H2. The highest BCUT2D eigenvalue weighted by Crippen LogP contribution is 2.32. The molecule has 6 nitrogen and oxygen atoms in total. The van der Waals surface area contributed by atoms with Gasteiger partial charge in [0.1, 0.15) is 5.75 Å². The number of nitrogens with zero attached hydrogens (tertiary/aromatic N) is 1. The molecule has 1 N–H and O–H groups in total. The van der Waals surface area contributed by atoms with Crippen LogP contribution in [-0.4, -0.2) is 18.9 Å². The average Bonchev–Trinajstić information content (AvgIpc) is 3.27. The Morgan fingerprint density at radius 2 is 1.61 bits per heavy atom. The van der Waals surface area contributed by atoms with E-state index in [0.717, 1.165) is 36.1 Å². The molecule has 3 aromatic rings. The SMILES string of the molecule is O=C(Oc1cccc2c1CCC2)N(Nc1ccccc1)S(=O)(=O)c1ccc(C(F)(F)F)cc1. The third-order valence-corrected chi connectivity index (χ3v) is 6.78. The molecule has 0 saturated heterocycles. The van der Waals surface area contributed by atoms with Gasteiger partial charge in [0.25, 0.3) is 10.0 Å². The first-order chi connectivity index (χ1) is 15.7. The van der Waals surface area contributed by atoms with Gasteiger partial charge in [-0.25, -0.2) is 4.79 Å². The first-order valence-electron chi connectivity index (χ1n) is 10.0. The Kier molecular flexibility index (Phi) is 6.03. The number of halogens is 3. The van der Waals surface area contributed by atoms with Gasteiger partial charge in [0, 0.05) is 0 Å². The lowest BCUT2D eigenvalue weighted by Crippen LogP contribution is -2.43. The van der Waals surface area contributed by atoms with Crippen LogP contribution in [0, 0.1) is 0 Å². The van der Waals surface area contributed by atoms with Gasteiger partial charge in [-0.1, -0.05) is 30.3 Å². The van der Waals surface area contributed by atoms with Crippen molar-refractivity contribution in [1.82, 2.24) is 4.41 Å². The summed E-state index contributed by atoms with van der Waals surface area (Å²) >= 11 is 0. The minimum absolute atomic E-state index is 0.248. The molecule has 0 saturated carbocycles. The molecule has 0 heterocycles. The van der Waals surface area contributed by atoms with E-state index in [1.807, 2.05) is 6.07 Å². The molecular weight excluding hydrogens is 457 g/mol. The van der Waals surface area contributed by atoms with Crippen molar-refractivity contribution in [2.75, 3.05) is 5.43 Å². The highest BCUT2D eigenvalue weighted by atomic mass is 32.2. The number of fused-ring (bicyclic) bond motifs is 1. The van der Waals surface area contributed by atoms with Crippen LogP contribution in [0.5, 0.6) is 5.75 Å². The summed E-state index contributed by atoms with van der Waals surface area (Å²) in [5, 5.41) is 0. The van der Waals surface area contributed by atoms with E-state index in [2.05, 4.69) is 5.43 Å². The smallest absolute Gasteiger partial charge is 0.408 e. The maximum absolute atomic E-state index is 13.2. The molecule has 0 atom stereocenters. The van der Waals surface area contributed by atoms with Crippen LogP contribution in [0.2, 0.25) is 0 Å². The Labute approximate surface area is 188 Å². The summed E-state index contributed by atoms with van der Waals surface area (Å²) in [6.07, 6.45) is -3.46. The molecule has 33 heavy (non-hydrogen) atoms. The van der Waals surface area contributed by atoms with Crippen LogP contribution in [-0.2, 0) is 29.0 Å². The zero-order valence-electron chi connectivity index (χ0n) is 17.2. The lowest BCUT2D eigenvalue weighted by molar-refractivity contribution is -0.137. The van der Waals surface area contributed by atoms with E-state index in [1.54, 1.807) is 30.3 Å². The number of para-hydroxylation sites is 1. The fraction of sp³-hybridized carbons (Fsp3) is 0.174. The van der Waals surface area contributed by atoms with Crippen molar-refractivity contribution in [3.8, 4) is 5.75 Å². The van der Waals surface area contributed by atoms with Gasteiger partial charge >= 0.3 is 12.3 Å². The van der Waals surface area contributed by atoms with Gasteiger partial charge in [-0.2, -0.15) is 21.6 Å². The van der Waals surface area contributed by atoms with E-state index >= 15 is 0 Å². The highest BCUT2D eigenvalue weighted by Gasteiger charge is 2.35. The van der Waals surface area contributed by atoms with Crippen LogP contribution in [0.25, 0.3) is 0 Å². The molecule has 1 amide bonds. The molecule has 10 heteroatoms. The van der Waals surface area contributed by atoms with E-state index in [1.165, 1.54) is 12.1 Å². The van der Waals surface area contributed by atoms with Crippen molar-refractivity contribution < 1.29 is 31.1 Å². The molecule has 0 bridgehead atoms. The van der Waals surface area contributed by atoms with E-state index in [0.29, 0.717) is 23.0 Å². The number of benzene rings is 3. The zero-order chi connectivity index (χ0) is 23.6. The summed E-state index contributed by atoms with van der Waals surface area (Å²) < 4.78 is 70.9. The van der Waals surface area contributed by atoms with Gasteiger partial charge in [0.05, 0.1) is 16.1 Å². The molecule has 1 aliphatic rings. The van der Waals surface area contributed by atoms with Crippen molar-refractivity contribution >= 4 is 21.8 Å². The van der Waals surface area contributed by atoms with Gasteiger partial charge in [-0.05, 0) is 72.9 Å². The van der Waals surface area contributed by atoms with Crippen molar-refractivity contribution in [1.29, 1.82) is 0 Å². The van der Waals surface area contributed by atoms with Gasteiger partial charge in [-0.3, -0.25) is 5.43 Å². The van der Waals surface area contributed by atoms with Gasteiger partial charge in [-0.15, -0.1) is 4.41 Å². The molecule has 0 spiro atoms. The molecular formula is C23H19F3N2O4S. The van der Waals surface area contributed by atoms with Gasteiger partial charge < -0.3 is 4.74 Å². The van der Waals surface area contributed by atoms with Crippen molar-refractivity contribution in [2.45, 2.75) is 30.3 Å². The van der Waals surface area contributed by atoms with E-state index in [9.17, 15) is 26.4 Å². The molecule has 0 unspecified atom stereocenters. The number of rotatable bonds is 5. The number of carbonyl (C=O) groups excluding carboxylic acids is 1. The van der Waals surface area contributed by atoms with Crippen LogP contribution in [0.4, 0.5) is 23.7 Å². The second kappa shape index (κ2) is 8.78. The van der Waals surface area contributed by atoms with Crippen molar-refractivity contribution in [3.63, 3.8) is 0 Å². The van der Waals surface area contributed by atoms with E-state index in [-0.39, 0.29) is 11.4 Å². The minimum Gasteiger partial charge on any atom is -0.408 e. The number of nitrogens with one attached hydrogen (secondary N) is 1. The summed E-state index contributed by atoms with van der Waals surface area (Å²) in [4.78, 5) is 12.5. The molecule has 1 aliphatic carbocycles. The quantitative estimate of drug-likeness (QED) is 0.499. The first-order valence-corrected chi connectivity index (χ1v) is 11.5. The highest BCUT2D eigenvalue weighted by molar-refractivity contribution is 7.89. The molecule has 0 radical (unpaired) electrons. The maximum atomic E-state index is 13.2. The van der Waals surface area contributed by atoms with Crippen LogP contribution in [0.15, 0.2) is 77.7 Å². The second-order valence-electron chi connectivity index (χ2n) is 7.38. The van der Waals surface area contributed by atoms with Gasteiger partial charge in [0.2, 0.25) is 0 Å². The normalized spacial score (nSPS) is 13.3. The van der Waals surface area contributed by atoms with Crippen LogP contribution < -0.4 is 10.2 Å². The van der Waals surface area contributed by atoms with Crippen LogP contribution in [0.1, 0.15) is 23.1 Å². The molecule has 3 aromatic carbocycles. The molecule has 0 fully saturated rings. The molecule has 4 rings (SSSR count). The Morgan fingerprint density at radius 1 is 0.909 bits per heavy atom. The first kappa shape index (κ1) is 22.7. The number of sulfonamides is 1. The number of alkyl halides is 3. The third-order valence-electron chi connectivity index (χ3n) is 5.19. The Balaban J connectivity index is 1.68. The Hall–Kier alpha value is -3.53. The lowest BCUT2D eigenvalue weighted by Gasteiger charge is -2.24. The fourth-order valence-corrected chi connectivity index (χ4v) is 4.72. The number of hydrogen-bond acceptors (Lipinski definition) is 5. The van der Waals surface area contributed by atoms with Gasteiger partial charge in [0.15, 0.2) is 0 Å². The van der Waals surface area contributed by atoms with Crippen LogP contribution >= 0.6 is 0 Å². The predicted molar refractivity (Wildman–Crippen MR) is 115 cm³/mol. The maximum Gasteiger partial charge on any atom is 0.449 e. The Bertz CT molecular complexity index is 1260. The number of hydrazine groups is 1. The molecule has 0 aromatic heterocycles. The summed E-state index contributed by atoms with van der Waals surface area (Å²) in [5.41, 5.74) is 3.61. The summed E-state index contributed by atoms with van der Waals surface area (Å²) in [7, 11) is -4.61. The average molecular weight is 476 g/mol. The summed E-state index contributed by atoms with van der Waals surface area (Å²) in [6.45, 7) is 0. The lowest BCUT2D eigenvalue weighted by atomic mass is 10.1. The topological polar surface area (TPSA) is 75.7 Å². The number of aryl methyl sites for hydroxylation is 1. The Morgan fingerprint density at radius 3 is 2.27 bits per heavy atom. The summed E-state index contributed by atoms with van der Waals surface area (Å²) in [5.74, 6) is 0.248. The second-order valence-corrected chi connectivity index (χ2v) is 9.17. The number of hydrogen-bond donors (Lipinski definition) is 1. The number of anilines is 1. The van der Waals surface area contributed by atoms with Crippen molar-refractivity contribution in [2.24, 2.45) is 0 Å². The van der Waals surface area contributed by atoms with Crippen molar-refractivity contribution in [3.05, 3.63) is 89.5 Å². The number of ether oxygens (including phenoxy) is 1. The third kappa shape index (κ3) is 4.80. The molecule has 0 aliphatic heterocycles.